The quantitative estimate of drug-likeness (QED) is 0.770. The molecule has 0 saturated carbocycles. The highest BCUT2D eigenvalue weighted by atomic mass is 19.4. The first-order chi connectivity index (χ1) is 6.95. The van der Waals surface area contributed by atoms with E-state index in [4.69, 9.17) is 5.11 Å². The minimum atomic E-state index is -4.71. The number of hydrogen-bond acceptors (Lipinski definition) is 2. The highest BCUT2D eigenvalue weighted by molar-refractivity contribution is 5.47. The first kappa shape index (κ1) is 11.8. The van der Waals surface area contributed by atoms with E-state index >= 15 is 0 Å². The largest absolute Gasteiger partial charge is 0.419 e. The van der Waals surface area contributed by atoms with Crippen LogP contribution in [0.3, 0.4) is 0 Å². The molecule has 0 aromatic heterocycles. The highest BCUT2D eigenvalue weighted by Crippen LogP contribution is 2.32. The van der Waals surface area contributed by atoms with Crippen LogP contribution in [0.2, 0.25) is 0 Å². The van der Waals surface area contributed by atoms with Crippen molar-refractivity contribution in [2.24, 2.45) is 0 Å². The van der Waals surface area contributed by atoms with Crippen molar-refractivity contribution in [2.45, 2.75) is 6.18 Å². The third-order valence-electron chi connectivity index (χ3n) is 1.71. The smallest absolute Gasteiger partial charge is 0.395 e. The number of aliphatic hydroxyl groups is 1. The molecule has 2 nitrogen and oxygen atoms in total. The van der Waals surface area contributed by atoms with Gasteiger partial charge < -0.3 is 10.4 Å². The van der Waals surface area contributed by atoms with Crippen molar-refractivity contribution in [2.75, 3.05) is 18.5 Å². The summed E-state index contributed by atoms with van der Waals surface area (Å²) >= 11 is 0. The Bertz CT molecular complexity index is 337. The van der Waals surface area contributed by atoms with Crippen LogP contribution >= 0.6 is 0 Å². The Morgan fingerprint density at radius 1 is 1.27 bits per heavy atom. The van der Waals surface area contributed by atoms with Gasteiger partial charge in [-0.2, -0.15) is 13.2 Å². The molecule has 2 N–H and O–H groups in total. The molecule has 0 bridgehead atoms. The van der Waals surface area contributed by atoms with Crippen LogP contribution in [0.25, 0.3) is 0 Å². The van der Waals surface area contributed by atoms with E-state index in [1.165, 1.54) is 6.07 Å². The van der Waals surface area contributed by atoms with Crippen molar-refractivity contribution < 1.29 is 22.7 Å². The fourth-order valence-electron chi connectivity index (χ4n) is 1.05. The second kappa shape index (κ2) is 4.48. The summed E-state index contributed by atoms with van der Waals surface area (Å²) < 4.78 is 49.5. The second-order valence-corrected chi connectivity index (χ2v) is 2.84. The van der Waals surface area contributed by atoms with Crippen molar-refractivity contribution in [3.8, 4) is 0 Å². The summed E-state index contributed by atoms with van der Waals surface area (Å²) in [6.45, 7) is -0.0956. The molecule has 0 fully saturated rings. The summed E-state index contributed by atoms with van der Waals surface area (Å²) in [6.07, 6.45) is -4.71. The number of benzene rings is 1. The van der Waals surface area contributed by atoms with E-state index in [1.54, 1.807) is 0 Å². The summed E-state index contributed by atoms with van der Waals surface area (Å²) in [4.78, 5) is 0. The fraction of sp³-hybridized carbons (Fsp3) is 0.333. The molecule has 1 aromatic rings. The highest BCUT2D eigenvalue weighted by Gasteiger charge is 2.34. The zero-order valence-corrected chi connectivity index (χ0v) is 7.61. The van der Waals surface area contributed by atoms with Crippen molar-refractivity contribution in [3.63, 3.8) is 0 Å². The molecule has 15 heavy (non-hydrogen) atoms. The van der Waals surface area contributed by atoms with Gasteiger partial charge in [-0.1, -0.05) is 0 Å². The maximum atomic E-state index is 12.8. The number of nitrogens with one attached hydrogen (secondary N) is 1. The molecule has 1 rings (SSSR count). The molecule has 0 aliphatic rings. The van der Waals surface area contributed by atoms with Crippen LogP contribution in [0.5, 0.6) is 0 Å². The van der Waals surface area contributed by atoms with Gasteiger partial charge in [-0.05, 0) is 18.2 Å². The van der Waals surface area contributed by atoms with Gasteiger partial charge in [0, 0.05) is 12.2 Å². The Balaban J connectivity index is 2.95. The molecule has 0 amide bonds. The third-order valence-corrected chi connectivity index (χ3v) is 1.71. The minimum Gasteiger partial charge on any atom is -0.395 e. The standard InChI is InChI=1S/C9H9F4NO/c10-8-2-1-6(14-3-4-15)5-7(8)9(11,12)13/h1-2,5,14-15H,3-4H2. The summed E-state index contributed by atoms with van der Waals surface area (Å²) in [5.74, 6) is -1.31. The van der Waals surface area contributed by atoms with Crippen LogP contribution in [-0.4, -0.2) is 18.3 Å². The van der Waals surface area contributed by atoms with Gasteiger partial charge in [-0.15, -0.1) is 0 Å². The molecule has 6 heteroatoms. The summed E-state index contributed by atoms with van der Waals surface area (Å²) in [6, 6.07) is 2.59. The van der Waals surface area contributed by atoms with E-state index < -0.39 is 17.6 Å². The van der Waals surface area contributed by atoms with Crippen LogP contribution in [-0.2, 0) is 6.18 Å². The van der Waals surface area contributed by atoms with Gasteiger partial charge in [-0.25, -0.2) is 4.39 Å². The minimum absolute atomic E-state index is 0.114. The Kier molecular flexibility index (Phi) is 3.52. The summed E-state index contributed by atoms with van der Waals surface area (Å²) in [5.41, 5.74) is -1.19. The lowest BCUT2D eigenvalue weighted by molar-refractivity contribution is -0.139. The van der Waals surface area contributed by atoms with E-state index in [1.807, 2.05) is 0 Å². The molecule has 0 unspecified atom stereocenters. The van der Waals surface area contributed by atoms with Gasteiger partial charge in [0.1, 0.15) is 5.82 Å². The molecule has 0 radical (unpaired) electrons. The van der Waals surface area contributed by atoms with Gasteiger partial charge in [0.2, 0.25) is 0 Å². The number of halogens is 4. The van der Waals surface area contributed by atoms with Crippen LogP contribution in [0.1, 0.15) is 5.56 Å². The van der Waals surface area contributed by atoms with E-state index in [-0.39, 0.29) is 18.8 Å². The van der Waals surface area contributed by atoms with E-state index in [0.717, 1.165) is 6.07 Å². The Morgan fingerprint density at radius 3 is 2.47 bits per heavy atom. The van der Waals surface area contributed by atoms with Crippen molar-refractivity contribution in [3.05, 3.63) is 29.6 Å². The molecular formula is C9H9F4NO. The van der Waals surface area contributed by atoms with E-state index in [9.17, 15) is 17.6 Å². The van der Waals surface area contributed by atoms with Gasteiger partial charge in [0.25, 0.3) is 0 Å². The SMILES string of the molecule is OCCNc1ccc(F)c(C(F)(F)F)c1. The van der Waals surface area contributed by atoms with Crippen molar-refractivity contribution in [1.29, 1.82) is 0 Å². The molecule has 0 aliphatic heterocycles. The monoisotopic (exact) mass is 223 g/mol. The van der Waals surface area contributed by atoms with Crippen LogP contribution in [0, 0.1) is 5.82 Å². The fourth-order valence-corrected chi connectivity index (χ4v) is 1.05. The van der Waals surface area contributed by atoms with Gasteiger partial charge in [0.15, 0.2) is 0 Å². The molecule has 84 valence electrons. The Hall–Kier alpha value is -1.30. The lowest BCUT2D eigenvalue weighted by Gasteiger charge is -2.10. The first-order valence-electron chi connectivity index (χ1n) is 4.16. The zero-order valence-electron chi connectivity index (χ0n) is 7.61. The topological polar surface area (TPSA) is 32.3 Å². The zero-order chi connectivity index (χ0) is 11.5. The maximum absolute atomic E-state index is 12.8. The predicted octanol–water partition coefficient (Wildman–Crippen LogP) is 2.25. The van der Waals surface area contributed by atoms with Crippen LogP contribution < -0.4 is 5.32 Å². The van der Waals surface area contributed by atoms with Crippen molar-refractivity contribution in [1.82, 2.24) is 0 Å². The molecule has 0 heterocycles. The Labute approximate surface area is 83.5 Å². The van der Waals surface area contributed by atoms with Gasteiger partial charge >= 0.3 is 6.18 Å². The number of aliphatic hydroxyl groups excluding tert-OH is 1. The predicted molar refractivity (Wildman–Crippen MR) is 47.0 cm³/mol. The van der Waals surface area contributed by atoms with Crippen LogP contribution in [0.4, 0.5) is 23.2 Å². The number of alkyl halides is 3. The first-order valence-corrected chi connectivity index (χ1v) is 4.16. The average molecular weight is 223 g/mol. The number of hydrogen-bond donors (Lipinski definition) is 2. The lowest BCUT2D eigenvalue weighted by Crippen LogP contribution is -2.10. The molecule has 0 spiro atoms. The van der Waals surface area contributed by atoms with E-state index in [2.05, 4.69) is 5.32 Å². The molecule has 1 aromatic carbocycles. The normalized spacial score (nSPS) is 11.5. The lowest BCUT2D eigenvalue weighted by atomic mass is 10.2. The summed E-state index contributed by atoms with van der Waals surface area (Å²) in [5, 5.41) is 11.0. The molecule has 0 aliphatic carbocycles. The van der Waals surface area contributed by atoms with Gasteiger partial charge in [0.05, 0.1) is 12.2 Å². The Morgan fingerprint density at radius 2 is 1.93 bits per heavy atom. The van der Waals surface area contributed by atoms with Crippen molar-refractivity contribution >= 4 is 5.69 Å². The molecular weight excluding hydrogens is 214 g/mol. The average Bonchev–Trinajstić information content (AvgIpc) is 2.15. The maximum Gasteiger partial charge on any atom is 0.419 e. The molecule has 0 atom stereocenters. The van der Waals surface area contributed by atoms with Crippen LogP contribution in [0.15, 0.2) is 18.2 Å². The third kappa shape index (κ3) is 3.09. The second-order valence-electron chi connectivity index (χ2n) is 2.84. The van der Waals surface area contributed by atoms with Gasteiger partial charge in [-0.3, -0.25) is 0 Å². The van der Waals surface area contributed by atoms with E-state index in [0.29, 0.717) is 6.07 Å². The number of anilines is 1. The summed E-state index contributed by atoms with van der Waals surface area (Å²) in [7, 11) is 0. The number of rotatable bonds is 3. The molecule has 0 saturated heterocycles.